The molecule has 0 N–H and O–H groups in total. The minimum Gasteiger partial charge on any atom is -0.309 e. The number of fused-ring (bicyclic) bond motifs is 6. The van der Waals surface area contributed by atoms with Crippen molar-refractivity contribution < 1.29 is 0 Å². The molecule has 5 aliphatic rings. The lowest BCUT2D eigenvalue weighted by atomic mass is 9.76. The number of hydrazine groups is 1. The zero-order valence-electron chi connectivity index (χ0n) is 30.6. The predicted molar refractivity (Wildman–Crippen MR) is 226 cm³/mol. The molecule has 4 aromatic carbocycles. The van der Waals surface area contributed by atoms with Gasteiger partial charge in [0.05, 0.1) is 23.6 Å². The second kappa shape index (κ2) is 12.6. The first-order chi connectivity index (χ1) is 26.6. The molecule has 1 aromatic heterocycles. The maximum Gasteiger partial charge on any atom is 0.121 e. The number of nitrogens with zero attached hydrogens (tertiary/aromatic N) is 3. The minimum atomic E-state index is -0.352. The van der Waals surface area contributed by atoms with Gasteiger partial charge in [-0.3, -0.25) is 5.01 Å². The summed E-state index contributed by atoms with van der Waals surface area (Å²) in [6, 6.07) is 35.4. The van der Waals surface area contributed by atoms with E-state index in [-0.39, 0.29) is 5.54 Å². The number of anilines is 1. The lowest BCUT2D eigenvalue weighted by Gasteiger charge is -2.61. The predicted octanol–water partition coefficient (Wildman–Crippen LogP) is 11.5. The van der Waals surface area contributed by atoms with Crippen LogP contribution < -0.4 is 5.01 Å². The fourth-order valence-electron chi connectivity index (χ4n) is 9.34. The highest BCUT2D eigenvalue weighted by Crippen LogP contribution is 2.48. The Labute approximate surface area is 318 Å². The third-order valence-electron chi connectivity index (χ3n) is 11.9. The zero-order valence-corrected chi connectivity index (χ0v) is 30.6. The van der Waals surface area contributed by atoms with Crippen molar-refractivity contribution in [1.29, 1.82) is 0 Å². The first-order valence-corrected chi connectivity index (χ1v) is 18.9. The van der Waals surface area contributed by atoms with Crippen LogP contribution in [0.15, 0.2) is 175 Å². The van der Waals surface area contributed by atoms with Crippen molar-refractivity contribution in [3.05, 3.63) is 219 Å². The highest BCUT2D eigenvalue weighted by Gasteiger charge is 2.52. The van der Waals surface area contributed by atoms with Gasteiger partial charge in [-0.05, 0) is 123 Å². The number of aromatic nitrogens is 1. The molecule has 0 radical (unpaired) electrons. The van der Waals surface area contributed by atoms with Crippen LogP contribution in [0.5, 0.6) is 0 Å². The van der Waals surface area contributed by atoms with Crippen LogP contribution in [-0.2, 0) is 18.4 Å². The fraction of sp³-hybridized carbons (Fsp3) is 0.118. The van der Waals surface area contributed by atoms with E-state index >= 15 is 0 Å². The van der Waals surface area contributed by atoms with Gasteiger partial charge in [-0.25, -0.2) is 5.01 Å². The molecule has 10 rings (SSSR count). The Bertz CT molecular complexity index is 2630. The van der Waals surface area contributed by atoms with Gasteiger partial charge in [0.15, 0.2) is 0 Å². The van der Waals surface area contributed by atoms with Gasteiger partial charge < -0.3 is 4.57 Å². The van der Waals surface area contributed by atoms with E-state index in [2.05, 4.69) is 186 Å². The first-order valence-electron chi connectivity index (χ1n) is 18.9. The topological polar surface area (TPSA) is 11.4 Å². The summed E-state index contributed by atoms with van der Waals surface area (Å²) >= 11 is 0. The normalized spacial score (nSPS) is 20.0. The van der Waals surface area contributed by atoms with Crippen molar-refractivity contribution in [2.75, 3.05) is 18.6 Å². The standard InChI is InChI=1S/C51H41N3/c1-4-36-31-37(25-26-40(5-2)51(41-14-8-6-9-15-41)34-52(3)54(51)42-16-10-7-11-17-42)44(36)28-23-35-22-24-38-32-39-33-43(27-29-45(39)48(38)30-35)53-49-20-12-18-46(49)47-19-13-21-50(47)53/h4-12,14-17,19-30,33H,1-2,18,31-32,34H2,3H3/b28-23?,37-25+,40-26-. The summed E-state index contributed by atoms with van der Waals surface area (Å²) in [6.45, 7) is 9.34. The van der Waals surface area contributed by atoms with Crippen LogP contribution in [0.25, 0.3) is 41.1 Å². The molecule has 1 saturated heterocycles. The number of likely N-dealkylation sites (N-methyl/N-ethyl adjacent to an activating group) is 1. The van der Waals surface area contributed by atoms with Gasteiger partial charge in [0.1, 0.15) is 5.54 Å². The van der Waals surface area contributed by atoms with Crippen LogP contribution in [0.4, 0.5) is 5.69 Å². The van der Waals surface area contributed by atoms with Gasteiger partial charge in [-0.2, -0.15) is 0 Å². The Morgan fingerprint density at radius 2 is 1.63 bits per heavy atom. The van der Waals surface area contributed by atoms with Crippen LogP contribution >= 0.6 is 0 Å². The molecule has 0 bridgehead atoms. The quantitative estimate of drug-likeness (QED) is 0.110. The van der Waals surface area contributed by atoms with Crippen LogP contribution in [0.1, 0.15) is 51.2 Å². The highest BCUT2D eigenvalue weighted by molar-refractivity contribution is 5.84. The molecule has 1 atom stereocenters. The number of para-hydroxylation sites is 1. The van der Waals surface area contributed by atoms with Crippen molar-refractivity contribution in [1.82, 2.24) is 9.58 Å². The lowest BCUT2D eigenvalue weighted by molar-refractivity contribution is 0.0882. The molecule has 54 heavy (non-hydrogen) atoms. The van der Waals surface area contributed by atoms with Crippen molar-refractivity contribution in [3.63, 3.8) is 0 Å². The van der Waals surface area contributed by atoms with E-state index in [0.717, 1.165) is 31.5 Å². The minimum absolute atomic E-state index is 0.352. The smallest absolute Gasteiger partial charge is 0.121 e. The maximum atomic E-state index is 4.33. The molecule has 3 nitrogen and oxygen atoms in total. The van der Waals surface area contributed by atoms with E-state index in [1.807, 2.05) is 12.2 Å². The third kappa shape index (κ3) is 4.87. The van der Waals surface area contributed by atoms with Crippen molar-refractivity contribution in [2.24, 2.45) is 0 Å². The molecule has 260 valence electrons. The Balaban J connectivity index is 0.942. The molecule has 0 saturated carbocycles. The average molecular weight is 696 g/mol. The van der Waals surface area contributed by atoms with E-state index in [9.17, 15) is 0 Å². The molecule has 4 aliphatic carbocycles. The second-order valence-corrected chi connectivity index (χ2v) is 14.9. The van der Waals surface area contributed by atoms with Crippen molar-refractivity contribution >= 4 is 30.0 Å². The Morgan fingerprint density at radius 1 is 0.796 bits per heavy atom. The van der Waals surface area contributed by atoms with Crippen LogP contribution in [-0.4, -0.2) is 23.2 Å². The molecule has 5 aromatic rings. The van der Waals surface area contributed by atoms with E-state index in [1.165, 1.54) is 83.9 Å². The third-order valence-corrected chi connectivity index (χ3v) is 11.9. The van der Waals surface area contributed by atoms with Gasteiger partial charge in [0.2, 0.25) is 0 Å². The summed E-state index contributed by atoms with van der Waals surface area (Å²) in [6.07, 6.45) is 24.8. The van der Waals surface area contributed by atoms with E-state index in [4.69, 9.17) is 0 Å². The monoisotopic (exact) mass is 695 g/mol. The summed E-state index contributed by atoms with van der Waals surface area (Å²) in [7, 11) is 2.16. The summed E-state index contributed by atoms with van der Waals surface area (Å²) in [4.78, 5) is 0. The SMILES string of the molecule is C=CC1=C(C=Cc2ccc3c(c2)-c2ccc(-n4c5c(c6c4C=CC6)C=C=C5)cc2C3)/C(=C/C=C(/C=C)C2(c3ccccc3)CN(C)N2c2ccccc2)C1. The molecular weight excluding hydrogens is 655 g/mol. The first kappa shape index (κ1) is 32.3. The summed E-state index contributed by atoms with van der Waals surface area (Å²) in [5, 5.41) is 4.69. The lowest BCUT2D eigenvalue weighted by Crippen LogP contribution is -2.71. The van der Waals surface area contributed by atoms with Gasteiger partial charge in [0, 0.05) is 24.4 Å². The summed E-state index contributed by atoms with van der Waals surface area (Å²) in [5.41, 5.74) is 23.6. The van der Waals surface area contributed by atoms with Crippen LogP contribution in [0, 0.1) is 0 Å². The summed E-state index contributed by atoms with van der Waals surface area (Å²) < 4.78 is 2.41. The van der Waals surface area contributed by atoms with E-state index in [1.54, 1.807) is 0 Å². The van der Waals surface area contributed by atoms with E-state index < -0.39 is 0 Å². The van der Waals surface area contributed by atoms with Crippen LogP contribution in [0.2, 0.25) is 0 Å². The molecular formula is C51H41N3. The molecule has 1 unspecified atom stereocenters. The number of hydrogen-bond acceptors (Lipinski definition) is 2. The van der Waals surface area contributed by atoms with Gasteiger partial charge in [0.25, 0.3) is 0 Å². The number of rotatable bonds is 9. The van der Waals surface area contributed by atoms with Crippen LogP contribution in [0.3, 0.4) is 0 Å². The molecule has 3 heteroatoms. The van der Waals surface area contributed by atoms with Gasteiger partial charge >= 0.3 is 0 Å². The Kier molecular flexibility index (Phi) is 7.56. The second-order valence-electron chi connectivity index (χ2n) is 14.9. The van der Waals surface area contributed by atoms with Crippen molar-refractivity contribution in [2.45, 2.75) is 24.8 Å². The molecule has 1 fully saturated rings. The zero-order chi connectivity index (χ0) is 36.4. The van der Waals surface area contributed by atoms with Crippen molar-refractivity contribution in [3.8, 4) is 16.8 Å². The maximum absolute atomic E-state index is 4.33. The molecule has 1 aliphatic heterocycles. The average Bonchev–Trinajstić information content (AvgIpc) is 3.98. The molecule has 0 spiro atoms. The van der Waals surface area contributed by atoms with Gasteiger partial charge in [-0.1, -0.05) is 122 Å². The van der Waals surface area contributed by atoms with E-state index in [0.29, 0.717) is 0 Å². The Hall–Kier alpha value is -6.38. The summed E-state index contributed by atoms with van der Waals surface area (Å²) in [5.74, 6) is 0. The fourth-order valence-corrected chi connectivity index (χ4v) is 9.34. The highest BCUT2D eigenvalue weighted by atomic mass is 15.7. The number of hydrogen-bond donors (Lipinski definition) is 0. The number of benzene rings is 4. The Morgan fingerprint density at radius 3 is 2.43 bits per heavy atom. The molecule has 0 amide bonds. The number of allylic oxidation sites excluding steroid dienone is 8. The largest absolute Gasteiger partial charge is 0.309 e. The van der Waals surface area contributed by atoms with Gasteiger partial charge in [-0.15, -0.1) is 5.73 Å². The molecule has 2 heterocycles.